The molecule has 0 radical (unpaired) electrons. The van der Waals surface area contributed by atoms with Crippen LogP contribution in [-0.2, 0) is 4.79 Å². The molecular weight excluding hydrogens is 356 g/mol. The summed E-state index contributed by atoms with van der Waals surface area (Å²) in [6.07, 6.45) is 4.96. The third kappa shape index (κ3) is 5.39. The quantitative estimate of drug-likeness (QED) is 0.749. The smallest absolute Gasteiger partial charge is 0.234 e. The molecule has 0 aliphatic carbocycles. The van der Waals surface area contributed by atoms with Crippen molar-refractivity contribution in [2.45, 2.75) is 58.0 Å². The summed E-state index contributed by atoms with van der Waals surface area (Å²) in [4.78, 5) is 15.0. The zero-order chi connectivity index (χ0) is 19.9. The Kier molecular flexibility index (Phi) is 7.57. The van der Waals surface area contributed by atoms with Crippen molar-refractivity contribution in [2.24, 2.45) is 5.92 Å². The van der Waals surface area contributed by atoms with Crippen LogP contribution in [0.25, 0.3) is 0 Å². The first-order valence-corrected chi connectivity index (χ1v) is 10.6. The maximum atomic E-state index is 12.8. The lowest BCUT2D eigenvalue weighted by Gasteiger charge is -2.35. The van der Waals surface area contributed by atoms with Gasteiger partial charge in [-0.1, -0.05) is 26.3 Å². The Morgan fingerprint density at radius 1 is 1.21 bits per heavy atom. The van der Waals surface area contributed by atoms with Crippen LogP contribution < -0.4 is 14.8 Å². The molecule has 0 bridgehead atoms. The van der Waals surface area contributed by atoms with Crippen LogP contribution in [0.15, 0.2) is 18.2 Å². The van der Waals surface area contributed by atoms with Gasteiger partial charge in [0.2, 0.25) is 5.91 Å². The molecular formula is C22H34N2O4. The summed E-state index contributed by atoms with van der Waals surface area (Å²) in [6, 6.07) is 6.19. The summed E-state index contributed by atoms with van der Waals surface area (Å²) in [7, 11) is 0. The van der Waals surface area contributed by atoms with Crippen LogP contribution in [0.4, 0.5) is 0 Å². The van der Waals surface area contributed by atoms with Gasteiger partial charge in [-0.3, -0.25) is 9.69 Å². The molecule has 1 aromatic carbocycles. The van der Waals surface area contributed by atoms with Crippen molar-refractivity contribution < 1.29 is 19.4 Å². The predicted octanol–water partition coefficient (Wildman–Crippen LogP) is 2.90. The van der Waals surface area contributed by atoms with Crippen molar-refractivity contribution in [1.82, 2.24) is 10.2 Å². The Labute approximate surface area is 168 Å². The van der Waals surface area contributed by atoms with E-state index in [2.05, 4.69) is 24.1 Å². The second-order valence-corrected chi connectivity index (χ2v) is 8.18. The lowest BCUT2D eigenvalue weighted by Crippen LogP contribution is -2.47. The van der Waals surface area contributed by atoms with Crippen molar-refractivity contribution in [3.63, 3.8) is 0 Å². The number of nitrogens with zero attached hydrogens (tertiary/aromatic N) is 1. The van der Waals surface area contributed by atoms with E-state index in [1.165, 1.54) is 6.42 Å². The van der Waals surface area contributed by atoms with Crippen molar-refractivity contribution >= 4 is 5.91 Å². The average molecular weight is 391 g/mol. The second kappa shape index (κ2) is 10.1. The van der Waals surface area contributed by atoms with Gasteiger partial charge in [0.05, 0.1) is 25.8 Å². The molecule has 1 saturated heterocycles. The van der Waals surface area contributed by atoms with E-state index in [4.69, 9.17) is 9.47 Å². The zero-order valence-corrected chi connectivity index (χ0v) is 17.2. The molecule has 2 unspecified atom stereocenters. The number of ether oxygens (including phenoxy) is 2. The molecule has 3 rings (SSSR count). The number of fused-ring (bicyclic) bond motifs is 1. The number of piperidine rings is 1. The van der Waals surface area contributed by atoms with Gasteiger partial charge in [0.1, 0.15) is 0 Å². The van der Waals surface area contributed by atoms with Gasteiger partial charge in [-0.15, -0.1) is 0 Å². The molecule has 156 valence electrons. The summed E-state index contributed by atoms with van der Waals surface area (Å²) < 4.78 is 11.5. The second-order valence-electron chi connectivity index (χ2n) is 8.18. The van der Waals surface area contributed by atoms with Gasteiger partial charge < -0.3 is 19.9 Å². The molecule has 2 N–H and O–H groups in total. The average Bonchev–Trinajstić information content (AvgIpc) is 2.92. The van der Waals surface area contributed by atoms with E-state index < -0.39 is 0 Å². The number of aliphatic hydroxyl groups excluding tert-OH is 1. The van der Waals surface area contributed by atoms with E-state index in [9.17, 15) is 9.90 Å². The summed E-state index contributed by atoms with van der Waals surface area (Å²) >= 11 is 0. The lowest BCUT2D eigenvalue weighted by molar-refractivity contribution is -0.124. The maximum Gasteiger partial charge on any atom is 0.234 e. The van der Waals surface area contributed by atoms with E-state index in [0.717, 1.165) is 49.3 Å². The molecule has 2 heterocycles. The van der Waals surface area contributed by atoms with Crippen molar-refractivity contribution in [3.05, 3.63) is 23.8 Å². The van der Waals surface area contributed by atoms with Gasteiger partial charge in [-0.25, -0.2) is 0 Å². The Balaban J connectivity index is 1.67. The number of nitrogens with one attached hydrogen (secondary N) is 1. The molecule has 28 heavy (non-hydrogen) atoms. The molecule has 2 aliphatic heterocycles. The Morgan fingerprint density at radius 2 is 2.00 bits per heavy atom. The first kappa shape index (κ1) is 20.9. The van der Waals surface area contributed by atoms with Gasteiger partial charge in [-0.05, 0) is 49.4 Å². The third-order valence-corrected chi connectivity index (χ3v) is 5.67. The molecule has 6 nitrogen and oxygen atoms in total. The number of hydrogen-bond acceptors (Lipinski definition) is 5. The van der Waals surface area contributed by atoms with Crippen molar-refractivity contribution in [3.8, 4) is 11.5 Å². The Hall–Kier alpha value is -1.79. The number of rotatable bonds is 7. The lowest BCUT2D eigenvalue weighted by atomic mass is 9.95. The van der Waals surface area contributed by atoms with E-state index in [1.807, 2.05) is 18.2 Å². The van der Waals surface area contributed by atoms with Gasteiger partial charge in [0.25, 0.3) is 0 Å². The summed E-state index contributed by atoms with van der Waals surface area (Å²) in [5.41, 5.74) is 1.04. The van der Waals surface area contributed by atoms with Crippen LogP contribution in [0.3, 0.4) is 0 Å². The number of benzene rings is 1. The highest BCUT2D eigenvalue weighted by Gasteiger charge is 2.26. The van der Waals surface area contributed by atoms with Gasteiger partial charge in [-0.2, -0.15) is 0 Å². The normalized spacial score (nSPS) is 21.2. The molecule has 0 spiro atoms. The molecule has 1 aromatic rings. The fraction of sp³-hybridized carbons (Fsp3) is 0.682. The van der Waals surface area contributed by atoms with Gasteiger partial charge in [0, 0.05) is 19.1 Å². The molecule has 1 amide bonds. The highest BCUT2D eigenvalue weighted by atomic mass is 16.5. The topological polar surface area (TPSA) is 71.0 Å². The fourth-order valence-corrected chi connectivity index (χ4v) is 4.16. The van der Waals surface area contributed by atoms with Gasteiger partial charge >= 0.3 is 0 Å². The summed E-state index contributed by atoms with van der Waals surface area (Å²) in [6.45, 7) is 7.03. The van der Waals surface area contributed by atoms with E-state index >= 15 is 0 Å². The van der Waals surface area contributed by atoms with E-state index in [1.54, 1.807) is 0 Å². The number of likely N-dealkylation sites (tertiary alicyclic amines) is 1. The molecule has 2 atom stereocenters. The molecule has 0 saturated carbocycles. The minimum atomic E-state index is -0.0780. The number of carbonyl (C=O) groups is 1. The Bertz CT molecular complexity index is 647. The first-order valence-electron chi connectivity index (χ1n) is 10.6. The van der Waals surface area contributed by atoms with Crippen LogP contribution in [0.5, 0.6) is 11.5 Å². The highest BCUT2D eigenvalue weighted by Crippen LogP contribution is 2.34. The summed E-state index contributed by atoms with van der Waals surface area (Å²) in [5.74, 6) is 1.82. The van der Waals surface area contributed by atoms with Crippen molar-refractivity contribution in [1.29, 1.82) is 0 Å². The van der Waals surface area contributed by atoms with Crippen LogP contribution in [-0.4, -0.2) is 54.9 Å². The SMILES string of the molecule is CC(C)C(NC(=O)CN1CCCCC1CCO)c1ccc2c(c1)OCCCO2. The zero-order valence-electron chi connectivity index (χ0n) is 17.2. The monoisotopic (exact) mass is 390 g/mol. The predicted molar refractivity (Wildman–Crippen MR) is 109 cm³/mol. The highest BCUT2D eigenvalue weighted by molar-refractivity contribution is 5.78. The van der Waals surface area contributed by atoms with Gasteiger partial charge in [0.15, 0.2) is 11.5 Å². The van der Waals surface area contributed by atoms with Crippen LogP contribution in [0.2, 0.25) is 0 Å². The molecule has 6 heteroatoms. The van der Waals surface area contributed by atoms with Crippen LogP contribution in [0.1, 0.15) is 57.6 Å². The number of carbonyl (C=O) groups excluding carboxylic acids is 1. The first-order chi connectivity index (χ1) is 13.6. The number of hydrogen-bond donors (Lipinski definition) is 2. The number of amides is 1. The van der Waals surface area contributed by atoms with Crippen LogP contribution >= 0.6 is 0 Å². The van der Waals surface area contributed by atoms with Crippen LogP contribution in [0, 0.1) is 5.92 Å². The van der Waals surface area contributed by atoms with E-state index in [0.29, 0.717) is 25.8 Å². The Morgan fingerprint density at radius 3 is 2.75 bits per heavy atom. The molecule has 0 aromatic heterocycles. The standard InChI is InChI=1S/C22H34N2O4/c1-16(2)22(17-7-8-19-20(14-17)28-13-5-12-27-19)23-21(26)15-24-10-4-3-6-18(24)9-11-25/h7-8,14,16,18,22,25H,3-6,9-13,15H2,1-2H3,(H,23,26). The molecule has 1 fully saturated rings. The third-order valence-electron chi connectivity index (χ3n) is 5.67. The number of aliphatic hydroxyl groups is 1. The fourth-order valence-electron chi connectivity index (χ4n) is 4.16. The van der Waals surface area contributed by atoms with Crippen molar-refractivity contribution in [2.75, 3.05) is 32.9 Å². The van der Waals surface area contributed by atoms with E-state index in [-0.39, 0.29) is 24.5 Å². The minimum Gasteiger partial charge on any atom is -0.490 e. The maximum absolute atomic E-state index is 12.8. The largest absolute Gasteiger partial charge is 0.490 e. The molecule has 2 aliphatic rings. The minimum absolute atomic E-state index is 0.0376. The summed E-state index contributed by atoms with van der Waals surface area (Å²) in [5, 5.41) is 12.5.